The van der Waals surface area contributed by atoms with Crippen molar-refractivity contribution in [3.63, 3.8) is 0 Å². The summed E-state index contributed by atoms with van der Waals surface area (Å²) in [6.45, 7) is 4.51. The van der Waals surface area contributed by atoms with Crippen LogP contribution in [0.4, 0.5) is 0 Å². The molecule has 0 heterocycles. The molecule has 0 radical (unpaired) electrons. The molecule has 7 nitrogen and oxygen atoms in total. The third-order valence-electron chi connectivity index (χ3n) is 1.81. The molecule has 17 heavy (non-hydrogen) atoms. The molecule has 0 bridgehead atoms. The molecular weight excluding hydrogens is 263 g/mol. The fourth-order valence-electron chi connectivity index (χ4n) is 0.479. The van der Waals surface area contributed by atoms with Crippen LogP contribution < -0.4 is 0 Å². The molecule has 0 fully saturated rings. The van der Waals surface area contributed by atoms with Gasteiger partial charge in [-0.1, -0.05) is 0 Å². The second kappa shape index (κ2) is 8.87. The summed E-state index contributed by atoms with van der Waals surface area (Å²) in [6, 6.07) is 0. The molecule has 0 amide bonds. The SMILES string of the molecule is CC(C)[CH2][Na].O=C(O)CC(C(=O)O)S(=O)(=O)O. The number of rotatable bonds is 5. The van der Waals surface area contributed by atoms with E-state index in [9.17, 15) is 18.0 Å². The summed E-state index contributed by atoms with van der Waals surface area (Å²) in [5.74, 6) is -2.55. The van der Waals surface area contributed by atoms with Gasteiger partial charge in [-0.3, -0.25) is 14.1 Å². The third-order valence-corrected chi connectivity index (χ3v) is 4.53. The Kier molecular flexibility index (Phi) is 10.0. The zero-order valence-electron chi connectivity index (χ0n) is 9.95. The first-order valence-electron chi connectivity index (χ1n) is 4.93. The maximum Gasteiger partial charge on any atom is 0.325 e. The van der Waals surface area contributed by atoms with Gasteiger partial charge in [0, 0.05) is 0 Å². The largest absolute Gasteiger partial charge is 0.481 e. The monoisotopic (exact) mass is 278 g/mol. The Balaban J connectivity index is 0. The van der Waals surface area contributed by atoms with Crippen LogP contribution in [0.2, 0.25) is 3.67 Å². The van der Waals surface area contributed by atoms with Crippen molar-refractivity contribution >= 4 is 50.0 Å². The molecule has 1 atom stereocenters. The van der Waals surface area contributed by atoms with Gasteiger partial charge in [-0.25, -0.2) is 0 Å². The number of carbonyl (C=O) groups is 2. The van der Waals surface area contributed by atoms with Gasteiger partial charge in [-0.15, -0.1) is 0 Å². The molecular formula is C8H15NaO7S. The average molecular weight is 278 g/mol. The average Bonchev–Trinajstić information content (AvgIpc) is 2.12. The molecule has 0 aromatic heterocycles. The summed E-state index contributed by atoms with van der Waals surface area (Å²) in [7, 11) is -4.84. The molecule has 0 saturated heterocycles. The Bertz CT molecular complexity index is 349. The summed E-state index contributed by atoms with van der Waals surface area (Å²) in [6.07, 6.45) is -1.16. The first-order chi connectivity index (χ1) is 7.52. The van der Waals surface area contributed by atoms with Crippen LogP contribution in [0.15, 0.2) is 0 Å². The van der Waals surface area contributed by atoms with Crippen molar-refractivity contribution in [1.29, 1.82) is 0 Å². The maximum absolute atomic E-state index is 10.2. The van der Waals surface area contributed by atoms with E-state index in [-0.39, 0.29) is 0 Å². The number of hydrogen-bond donors (Lipinski definition) is 3. The van der Waals surface area contributed by atoms with Gasteiger partial charge in [0.15, 0.2) is 5.25 Å². The van der Waals surface area contributed by atoms with Crippen LogP contribution >= 0.6 is 0 Å². The number of carboxylic acid groups (broad SMARTS) is 2. The van der Waals surface area contributed by atoms with Crippen LogP contribution in [0.3, 0.4) is 0 Å². The second-order valence-corrected chi connectivity index (χ2v) is 6.16. The van der Waals surface area contributed by atoms with E-state index >= 15 is 0 Å². The number of aliphatic carboxylic acids is 2. The van der Waals surface area contributed by atoms with E-state index in [1.54, 1.807) is 0 Å². The topological polar surface area (TPSA) is 129 Å². The number of hydrogen-bond acceptors (Lipinski definition) is 4. The minimum Gasteiger partial charge on any atom is -0.481 e. The Labute approximate surface area is 117 Å². The van der Waals surface area contributed by atoms with Crippen molar-refractivity contribution in [2.75, 3.05) is 0 Å². The summed E-state index contributed by atoms with van der Waals surface area (Å²) < 4.78 is 30.1. The minimum atomic E-state index is -4.84. The van der Waals surface area contributed by atoms with Crippen LogP contribution in [0, 0.1) is 5.92 Å². The molecule has 0 aliphatic rings. The number of carboxylic acids is 2. The van der Waals surface area contributed by atoms with Gasteiger partial charge < -0.3 is 10.2 Å². The molecule has 0 aromatic rings. The van der Waals surface area contributed by atoms with Gasteiger partial charge in [0.2, 0.25) is 0 Å². The van der Waals surface area contributed by atoms with Gasteiger partial charge in [0.25, 0.3) is 10.1 Å². The van der Waals surface area contributed by atoms with E-state index < -0.39 is 33.7 Å². The molecule has 0 aliphatic carbocycles. The molecule has 0 spiro atoms. The van der Waals surface area contributed by atoms with Crippen LogP contribution in [-0.2, 0) is 19.7 Å². The van der Waals surface area contributed by atoms with E-state index in [0.29, 0.717) is 0 Å². The van der Waals surface area contributed by atoms with Gasteiger partial charge in [0.1, 0.15) is 0 Å². The quantitative estimate of drug-likeness (QED) is 0.478. The predicted molar refractivity (Wildman–Crippen MR) is 60.6 cm³/mol. The van der Waals surface area contributed by atoms with Gasteiger partial charge in [-0.05, 0) is 0 Å². The van der Waals surface area contributed by atoms with Crippen LogP contribution in [0.5, 0.6) is 0 Å². The van der Waals surface area contributed by atoms with Crippen LogP contribution in [-0.4, -0.2) is 68.3 Å². The van der Waals surface area contributed by atoms with Gasteiger partial charge in [-0.2, -0.15) is 8.42 Å². The van der Waals surface area contributed by atoms with Gasteiger partial charge >= 0.3 is 63.3 Å². The van der Waals surface area contributed by atoms with E-state index in [1.165, 1.54) is 31.6 Å². The first kappa shape index (κ1) is 19.2. The van der Waals surface area contributed by atoms with Crippen molar-refractivity contribution in [2.45, 2.75) is 29.2 Å². The minimum absolute atomic E-state index is 0.946. The van der Waals surface area contributed by atoms with Crippen molar-refractivity contribution in [3.05, 3.63) is 0 Å². The maximum atomic E-state index is 10.2. The first-order valence-corrected chi connectivity index (χ1v) is 7.85. The Morgan fingerprint density at radius 2 is 1.59 bits per heavy atom. The van der Waals surface area contributed by atoms with Crippen molar-refractivity contribution in [2.24, 2.45) is 5.92 Å². The molecule has 96 valence electrons. The zero-order valence-corrected chi connectivity index (χ0v) is 12.8. The van der Waals surface area contributed by atoms with Crippen molar-refractivity contribution in [1.82, 2.24) is 0 Å². The molecule has 3 N–H and O–H groups in total. The summed E-state index contributed by atoms with van der Waals surface area (Å²) in [4.78, 5) is 20.0. The molecule has 1 unspecified atom stereocenters. The predicted octanol–water partition coefficient (Wildman–Crippen LogP) is 0.0313. The van der Waals surface area contributed by atoms with Crippen LogP contribution in [0.1, 0.15) is 20.3 Å². The van der Waals surface area contributed by atoms with E-state index in [2.05, 4.69) is 13.8 Å². The fourth-order valence-corrected chi connectivity index (χ4v) is 1.09. The molecule has 0 rings (SSSR count). The second-order valence-electron chi connectivity index (χ2n) is 3.74. The summed E-state index contributed by atoms with van der Waals surface area (Å²) >= 11 is 1.37. The smallest absolute Gasteiger partial charge is 0.325 e. The normalized spacial score (nSPS) is 12.6. The van der Waals surface area contributed by atoms with Crippen molar-refractivity contribution in [3.8, 4) is 0 Å². The Hall–Kier alpha value is -0.150. The third kappa shape index (κ3) is 12.1. The van der Waals surface area contributed by atoms with Crippen molar-refractivity contribution < 1.29 is 32.8 Å². The molecule has 0 aromatic carbocycles. The van der Waals surface area contributed by atoms with Crippen LogP contribution in [0.25, 0.3) is 0 Å². The standard InChI is InChI=1S/C4H6O7S.C4H9.Na/c5-3(6)1-2(4(7)8)12(9,10)11;1-4(2)3;/h2H,1H2,(H,5,6)(H,7,8)(H,9,10,11);4H,1H2,2-3H3;. The fraction of sp³-hybridized carbons (Fsp3) is 0.750. The zero-order chi connectivity index (χ0) is 14.2. The van der Waals surface area contributed by atoms with E-state index in [4.69, 9.17) is 14.8 Å². The Morgan fingerprint density at radius 3 is 1.65 bits per heavy atom. The molecule has 0 aliphatic heterocycles. The summed E-state index contributed by atoms with van der Waals surface area (Å²) in [5.41, 5.74) is 0. The van der Waals surface area contributed by atoms with Gasteiger partial charge in [0.05, 0.1) is 6.42 Å². The Morgan fingerprint density at radius 1 is 1.24 bits per heavy atom. The summed E-state index contributed by atoms with van der Waals surface area (Å²) in [5, 5.41) is 13.9. The molecule has 0 saturated carbocycles. The van der Waals surface area contributed by atoms with E-state index in [0.717, 1.165) is 5.92 Å². The van der Waals surface area contributed by atoms with E-state index in [1.807, 2.05) is 0 Å². The molecule has 9 heteroatoms.